The summed E-state index contributed by atoms with van der Waals surface area (Å²) < 4.78 is 1.85. The Labute approximate surface area is 158 Å². The lowest BCUT2D eigenvalue weighted by atomic mass is 10.1. The highest BCUT2D eigenvalue weighted by Gasteiger charge is 2.12. The molecule has 3 heterocycles. The van der Waals surface area contributed by atoms with Gasteiger partial charge in [-0.05, 0) is 30.3 Å². The van der Waals surface area contributed by atoms with Crippen LogP contribution in [-0.2, 0) is 0 Å². The molecule has 0 radical (unpaired) electrons. The number of carbonyl (C=O) groups is 1. The maximum absolute atomic E-state index is 11.3. The van der Waals surface area contributed by atoms with Crippen LogP contribution in [0.15, 0.2) is 67.3 Å². The van der Waals surface area contributed by atoms with Gasteiger partial charge < -0.3 is 14.8 Å². The molecule has 3 aromatic heterocycles. The van der Waals surface area contributed by atoms with Crippen molar-refractivity contribution in [1.29, 1.82) is 0 Å². The van der Waals surface area contributed by atoms with Gasteiger partial charge in [-0.3, -0.25) is 5.10 Å². The van der Waals surface area contributed by atoms with E-state index >= 15 is 0 Å². The Balaban J connectivity index is 1.61. The predicted molar refractivity (Wildman–Crippen MR) is 105 cm³/mol. The summed E-state index contributed by atoms with van der Waals surface area (Å²) in [4.78, 5) is 20.4. The Morgan fingerprint density at radius 1 is 1.18 bits per heavy atom. The van der Waals surface area contributed by atoms with Crippen LogP contribution in [-0.4, -0.2) is 35.6 Å². The van der Waals surface area contributed by atoms with Gasteiger partial charge >= 0.3 is 5.97 Å². The van der Waals surface area contributed by atoms with E-state index in [1.54, 1.807) is 30.6 Å². The number of H-pyrrole nitrogens is 1. The lowest BCUT2D eigenvalue weighted by Gasteiger charge is -2.10. The first-order valence-electron chi connectivity index (χ1n) is 8.55. The molecule has 0 atom stereocenters. The fourth-order valence-electron chi connectivity index (χ4n) is 3.12. The summed E-state index contributed by atoms with van der Waals surface area (Å²) in [7, 11) is 0. The van der Waals surface area contributed by atoms with Crippen molar-refractivity contribution in [1.82, 2.24) is 24.6 Å². The van der Waals surface area contributed by atoms with Crippen LogP contribution >= 0.6 is 0 Å². The van der Waals surface area contributed by atoms with E-state index in [-0.39, 0.29) is 5.56 Å². The van der Waals surface area contributed by atoms with E-state index in [9.17, 15) is 9.90 Å². The number of aromatic nitrogens is 5. The minimum Gasteiger partial charge on any atom is -0.478 e. The number of nitrogens with one attached hydrogen (secondary N) is 2. The summed E-state index contributed by atoms with van der Waals surface area (Å²) >= 11 is 0. The lowest BCUT2D eigenvalue weighted by molar-refractivity contribution is 0.0697. The zero-order valence-electron chi connectivity index (χ0n) is 14.5. The third kappa shape index (κ3) is 2.73. The number of carboxylic acids is 1. The molecule has 5 rings (SSSR count). The molecule has 0 bridgehead atoms. The molecule has 5 aromatic rings. The Kier molecular flexibility index (Phi) is 3.55. The number of carboxylic acid groups (broad SMARTS) is 1. The van der Waals surface area contributed by atoms with E-state index in [4.69, 9.17) is 4.98 Å². The highest BCUT2D eigenvalue weighted by Crippen LogP contribution is 2.26. The van der Waals surface area contributed by atoms with Crippen molar-refractivity contribution in [3.8, 4) is 11.3 Å². The van der Waals surface area contributed by atoms with Crippen LogP contribution < -0.4 is 5.32 Å². The first-order chi connectivity index (χ1) is 13.7. The Hall–Kier alpha value is -4.20. The van der Waals surface area contributed by atoms with Gasteiger partial charge in [0.1, 0.15) is 0 Å². The maximum Gasteiger partial charge on any atom is 0.335 e. The zero-order valence-corrected chi connectivity index (χ0v) is 14.5. The van der Waals surface area contributed by atoms with E-state index in [1.165, 1.54) is 0 Å². The first kappa shape index (κ1) is 16.0. The number of hydrogen-bond donors (Lipinski definition) is 3. The van der Waals surface area contributed by atoms with Crippen molar-refractivity contribution in [3.05, 3.63) is 72.8 Å². The third-order valence-corrected chi connectivity index (χ3v) is 4.48. The molecular formula is C20H14N6O2. The van der Waals surface area contributed by atoms with Gasteiger partial charge in [0, 0.05) is 35.2 Å². The van der Waals surface area contributed by atoms with Gasteiger partial charge in [0.2, 0.25) is 0 Å². The van der Waals surface area contributed by atoms with Crippen molar-refractivity contribution in [2.75, 3.05) is 5.32 Å². The minimum absolute atomic E-state index is 0.212. The van der Waals surface area contributed by atoms with Crippen molar-refractivity contribution < 1.29 is 9.90 Å². The van der Waals surface area contributed by atoms with Crippen molar-refractivity contribution >= 4 is 34.0 Å². The maximum atomic E-state index is 11.3. The number of fused-ring (bicyclic) bond motifs is 2. The first-order valence-corrected chi connectivity index (χ1v) is 8.55. The Morgan fingerprint density at radius 3 is 3.00 bits per heavy atom. The van der Waals surface area contributed by atoms with Gasteiger partial charge in [-0.1, -0.05) is 12.1 Å². The van der Waals surface area contributed by atoms with Crippen LogP contribution in [0.5, 0.6) is 0 Å². The molecular weight excluding hydrogens is 356 g/mol. The van der Waals surface area contributed by atoms with Crippen LogP contribution in [0.3, 0.4) is 0 Å². The second-order valence-electron chi connectivity index (χ2n) is 6.32. The average molecular weight is 370 g/mol. The van der Waals surface area contributed by atoms with Gasteiger partial charge in [-0.25, -0.2) is 14.8 Å². The fraction of sp³-hybridized carbons (Fsp3) is 0. The summed E-state index contributed by atoms with van der Waals surface area (Å²) in [6.45, 7) is 0. The van der Waals surface area contributed by atoms with Gasteiger partial charge in [-0.2, -0.15) is 5.10 Å². The number of rotatable bonds is 4. The molecule has 28 heavy (non-hydrogen) atoms. The van der Waals surface area contributed by atoms with Crippen LogP contribution in [0.4, 0.5) is 11.5 Å². The van der Waals surface area contributed by atoms with E-state index in [1.807, 2.05) is 41.1 Å². The summed E-state index contributed by atoms with van der Waals surface area (Å²) in [6.07, 6.45) is 7.11. The number of aromatic amines is 1. The zero-order chi connectivity index (χ0) is 19.1. The fourth-order valence-corrected chi connectivity index (χ4v) is 3.12. The number of hydrogen-bond acceptors (Lipinski definition) is 5. The quantitative estimate of drug-likeness (QED) is 0.445. The Bertz CT molecular complexity index is 1340. The van der Waals surface area contributed by atoms with Crippen molar-refractivity contribution in [2.45, 2.75) is 0 Å². The van der Waals surface area contributed by atoms with Crippen LogP contribution in [0.2, 0.25) is 0 Å². The molecule has 136 valence electrons. The highest BCUT2D eigenvalue weighted by atomic mass is 16.4. The monoisotopic (exact) mass is 370 g/mol. The molecule has 0 unspecified atom stereocenters. The molecule has 0 amide bonds. The Morgan fingerprint density at radius 2 is 2.11 bits per heavy atom. The van der Waals surface area contributed by atoms with Crippen molar-refractivity contribution in [2.24, 2.45) is 0 Å². The normalized spacial score (nSPS) is 11.1. The number of benzene rings is 2. The molecule has 8 nitrogen and oxygen atoms in total. The molecule has 8 heteroatoms. The van der Waals surface area contributed by atoms with Gasteiger partial charge in [0.25, 0.3) is 0 Å². The predicted octanol–water partition coefficient (Wildman–Crippen LogP) is 3.71. The number of anilines is 2. The molecule has 0 aliphatic heterocycles. The SMILES string of the molecule is O=C(O)c1cccc(-c2cn3ccnc3c(Nc3ccc4cn[nH]c4c3)n2)c1. The highest BCUT2D eigenvalue weighted by molar-refractivity contribution is 5.89. The molecule has 0 aliphatic carbocycles. The van der Waals surface area contributed by atoms with E-state index in [2.05, 4.69) is 20.5 Å². The molecule has 2 aromatic carbocycles. The van der Waals surface area contributed by atoms with Crippen LogP contribution in [0, 0.1) is 0 Å². The molecule has 0 spiro atoms. The van der Waals surface area contributed by atoms with Crippen LogP contribution in [0.25, 0.3) is 27.8 Å². The minimum atomic E-state index is -0.975. The molecule has 0 saturated heterocycles. The standard InChI is InChI=1S/C20H14N6O2/c27-20(28)13-3-1-2-12(8-13)17-11-26-7-6-21-19(26)18(24-17)23-15-5-4-14-10-22-25-16(14)9-15/h1-11H,(H,22,25)(H,23,24)(H,27,28). The summed E-state index contributed by atoms with van der Waals surface area (Å²) in [5.41, 5.74) is 3.98. The van der Waals surface area contributed by atoms with E-state index < -0.39 is 5.97 Å². The van der Waals surface area contributed by atoms with Gasteiger partial charge in [-0.15, -0.1) is 0 Å². The second kappa shape index (κ2) is 6.20. The summed E-state index contributed by atoms with van der Waals surface area (Å²) in [5, 5.41) is 20.6. The molecule has 0 aliphatic rings. The topological polar surface area (TPSA) is 108 Å². The number of nitrogens with zero attached hydrogens (tertiary/aromatic N) is 4. The van der Waals surface area contributed by atoms with Gasteiger partial charge in [0.15, 0.2) is 11.5 Å². The van der Waals surface area contributed by atoms with Crippen LogP contribution in [0.1, 0.15) is 10.4 Å². The third-order valence-electron chi connectivity index (χ3n) is 4.48. The second-order valence-corrected chi connectivity index (χ2v) is 6.32. The largest absolute Gasteiger partial charge is 0.478 e. The average Bonchev–Trinajstić information content (AvgIpc) is 3.36. The van der Waals surface area contributed by atoms with Crippen molar-refractivity contribution in [3.63, 3.8) is 0 Å². The molecule has 3 N–H and O–H groups in total. The summed E-state index contributed by atoms with van der Waals surface area (Å²) in [5.74, 6) is -0.404. The van der Waals surface area contributed by atoms with E-state index in [0.29, 0.717) is 22.7 Å². The van der Waals surface area contributed by atoms with Gasteiger partial charge in [0.05, 0.1) is 23.0 Å². The lowest BCUT2D eigenvalue weighted by Crippen LogP contribution is -2.01. The molecule has 0 saturated carbocycles. The van der Waals surface area contributed by atoms with E-state index in [0.717, 1.165) is 16.6 Å². The summed E-state index contributed by atoms with van der Waals surface area (Å²) in [6, 6.07) is 12.5. The molecule has 0 fully saturated rings. The number of imidazole rings is 1. The number of aromatic carboxylic acids is 1. The smallest absolute Gasteiger partial charge is 0.335 e.